The third-order valence-electron chi connectivity index (χ3n) is 5.01. The molecule has 0 unspecified atom stereocenters. The van der Waals surface area contributed by atoms with Gasteiger partial charge in [0, 0.05) is 26.5 Å². The van der Waals surface area contributed by atoms with Gasteiger partial charge in [0.1, 0.15) is 11.6 Å². The number of nitrogens with one attached hydrogen (secondary N) is 1. The largest absolute Gasteiger partial charge is 0.508 e. The smallest absolute Gasteiger partial charge is 0.138 e. The summed E-state index contributed by atoms with van der Waals surface area (Å²) in [5.41, 5.74) is 4.95. The Balaban J connectivity index is 1.53. The van der Waals surface area contributed by atoms with Crippen LogP contribution in [0.2, 0.25) is 0 Å². The first-order chi connectivity index (χ1) is 15.3. The van der Waals surface area contributed by atoms with Crippen molar-refractivity contribution in [1.29, 1.82) is 0 Å². The first-order valence-corrected chi connectivity index (χ1v) is 10.9. The highest BCUT2D eigenvalue weighted by Gasteiger charge is 2.15. The lowest BCUT2D eigenvalue weighted by Crippen LogP contribution is -1.84. The average Bonchev–Trinajstić information content (AvgIpc) is 3.27. The average molecular weight is 421 g/mol. The van der Waals surface area contributed by atoms with E-state index in [1.54, 1.807) is 23.9 Å². The van der Waals surface area contributed by atoms with Gasteiger partial charge >= 0.3 is 0 Å². The van der Waals surface area contributed by atoms with Gasteiger partial charge in [0.15, 0.2) is 0 Å². The minimum atomic E-state index is 0.241. The van der Waals surface area contributed by atoms with Gasteiger partial charge in [0.2, 0.25) is 0 Å². The van der Waals surface area contributed by atoms with Crippen LogP contribution in [0.3, 0.4) is 0 Å². The zero-order valence-corrected chi connectivity index (χ0v) is 17.5. The number of aromatic nitrogens is 2. The van der Waals surface area contributed by atoms with Gasteiger partial charge in [0.05, 0.1) is 11.4 Å². The molecule has 0 saturated heterocycles. The van der Waals surface area contributed by atoms with E-state index in [-0.39, 0.29) is 5.75 Å². The number of hydrogen-bond donors (Lipinski definition) is 2. The molecule has 3 nitrogen and oxygen atoms in total. The number of H-pyrrole nitrogens is 1. The van der Waals surface area contributed by atoms with Crippen molar-refractivity contribution in [3.05, 3.63) is 109 Å². The van der Waals surface area contributed by atoms with E-state index in [2.05, 4.69) is 65.6 Å². The van der Waals surface area contributed by atoms with Gasteiger partial charge in [0.25, 0.3) is 0 Å². The Morgan fingerprint density at radius 1 is 0.581 bits per heavy atom. The van der Waals surface area contributed by atoms with Crippen LogP contribution in [0.15, 0.2) is 119 Å². The minimum Gasteiger partial charge on any atom is -0.508 e. The lowest BCUT2D eigenvalue weighted by Gasteiger charge is -2.05. The summed E-state index contributed by atoms with van der Waals surface area (Å²) in [4.78, 5) is 10.8. The van der Waals surface area contributed by atoms with E-state index in [9.17, 15) is 5.11 Å². The fourth-order valence-electron chi connectivity index (χ4n) is 3.46. The molecule has 1 aromatic heterocycles. The van der Waals surface area contributed by atoms with Crippen LogP contribution in [-0.4, -0.2) is 15.1 Å². The molecule has 1 heterocycles. The summed E-state index contributed by atoms with van der Waals surface area (Å²) in [6.45, 7) is 0. The summed E-state index contributed by atoms with van der Waals surface area (Å²) in [6, 6.07) is 36.2. The highest BCUT2D eigenvalue weighted by atomic mass is 32.2. The zero-order valence-electron chi connectivity index (χ0n) is 16.7. The van der Waals surface area contributed by atoms with Crippen LogP contribution < -0.4 is 0 Å². The Morgan fingerprint density at radius 2 is 1.16 bits per heavy atom. The summed E-state index contributed by atoms with van der Waals surface area (Å²) >= 11 is 1.75. The molecule has 0 atom stereocenters. The van der Waals surface area contributed by atoms with Crippen LogP contribution in [0, 0.1) is 0 Å². The Bertz CT molecular complexity index is 1280. The van der Waals surface area contributed by atoms with Gasteiger partial charge in [-0.2, -0.15) is 0 Å². The molecule has 150 valence electrons. The van der Waals surface area contributed by atoms with Gasteiger partial charge in [-0.25, -0.2) is 4.98 Å². The summed E-state index contributed by atoms with van der Waals surface area (Å²) in [7, 11) is 0. The molecule has 0 spiro atoms. The molecule has 0 amide bonds. The number of imidazole rings is 1. The minimum absolute atomic E-state index is 0.241. The van der Waals surface area contributed by atoms with Crippen LogP contribution in [-0.2, 0) is 0 Å². The second kappa shape index (κ2) is 8.54. The predicted octanol–water partition coefficient (Wildman–Crippen LogP) is 7.27. The van der Waals surface area contributed by atoms with E-state index in [1.807, 2.05) is 36.4 Å². The monoisotopic (exact) mass is 420 g/mol. The quantitative estimate of drug-likeness (QED) is 0.314. The van der Waals surface area contributed by atoms with Crippen LogP contribution >= 0.6 is 11.8 Å². The van der Waals surface area contributed by atoms with E-state index in [1.165, 1.54) is 9.79 Å². The van der Waals surface area contributed by atoms with Crippen LogP contribution in [0.4, 0.5) is 0 Å². The highest BCUT2D eigenvalue weighted by molar-refractivity contribution is 7.99. The lowest BCUT2D eigenvalue weighted by atomic mass is 10.1. The van der Waals surface area contributed by atoms with E-state index < -0.39 is 0 Å². The number of phenolic OH excluding ortho intramolecular Hbond substituents is 1. The molecule has 2 N–H and O–H groups in total. The van der Waals surface area contributed by atoms with Crippen LogP contribution in [0.1, 0.15) is 0 Å². The molecule has 0 aliphatic carbocycles. The number of phenols is 1. The molecule has 5 rings (SSSR count). The van der Waals surface area contributed by atoms with Crippen molar-refractivity contribution in [3.8, 4) is 39.7 Å². The molecule has 31 heavy (non-hydrogen) atoms. The highest BCUT2D eigenvalue weighted by Crippen LogP contribution is 2.35. The van der Waals surface area contributed by atoms with Crippen LogP contribution in [0.5, 0.6) is 5.75 Å². The maximum atomic E-state index is 9.62. The standard InChI is InChI=1S/C27H20N2OS/c30-22-15-11-21(12-16-22)27-28-25(19-7-3-1-4-8-19)26(29-27)20-13-17-24(18-14-20)31-23-9-5-2-6-10-23/h1-18,30H,(H,28,29). The number of hydrogen-bond acceptors (Lipinski definition) is 3. The van der Waals surface area contributed by atoms with Gasteiger partial charge in [-0.15, -0.1) is 0 Å². The molecule has 0 bridgehead atoms. The molecular formula is C27H20N2OS. The second-order valence-electron chi connectivity index (χ2n) is 7.16. The van der Waals surface area contributed by atoms with E-state index in [4.69, 9.17) is 4.98 Å². The SMILES string of the molecule is Oc1ccc(-c2nc(-c3ccccc3)c(-c3ccc(Sc4ccccc4)cc3)[nH]2)cc1. The number of nitrogens with zero attached hydrogens (tertiary/aromatic N) is 1. The molecule has 0 saturated carbocycles. The normalized spacial score (nSPS) is 10.8. The van der Waals surface area contributed by atoms with Crippen molar-refractivity contribution >= 4 is 11.8 Å². The first-order valence-electron chi connectivity index (χ1n) is 10.0. The Morgan fingerprint density at radius 3 is 1.84 bits per heavy atom. The number of rotatable bonds is 5. The summed E-state index contributed by atoms with van der Waals surface area (Å²) < 4.78 is 0. The van der Waals surface area contributed by atoms with Gasteiger partial charge < -0.3 is 10.1 Å². The second-order valence-corrected chi connectivity index (χ2v) is 8.31. The molecule has 0 fully saturated rings. The van der Waals surface area contributed by atoms with Crippen molar-refractivity contribution < 1.29 is 5.11 Å². The Kier molecular flexibility index (Phi) is 5.29. The lowest BCUT2D eigenvalue weighted by molar-refractivity contribution is 0.475. The predicted molar refractivity (Wildman–Crippen MR) is 127 cm³/mol. The zero-order chi connectivity index (χ0) is 21.0. The molecule has 0 aliphatic heterocycles. The molecule has 0 aliphatic rings. The van der Waals surface area contributed by atoms with E-state index in [0.29, 0.717) is 0 Å². The van der Waals surface area contributed by atoms with Crippen molar-refractivity contribution in [2.24, 2.45) is 0 Å². The van der Waals surface area contributed by atoms with E-state index >= 15 is 0 Å². The third kappa shape index (κ3) is 4.25. The number of benzene rings is 4. The van der Waals surface area contributed by atoms with E-state index in [0.717, 1.165) is 33.9 Å². The topological polar surface area (TPSA) is 48.9 Å². The number of aromatic hydroxyl groups is 1. The van der Waals surface area contributed by atoms with Crippen molar-refractivity contribution in [2.45, 2.75) is 9.79 Å². The van der Waals surface area contributed by atoms with Crippen molar-refractivity contribution in [3.63, 3.8) is 0 Å². The fourth-order valence-corrected chi connectivity index (χ4v) is 4.29. The van der Waals surface area contributed by atoms with Gasteiger partial charge in [-0.1, -0.05) is 72.4 Å². The Hall–Kier alpha value is -3.76. The maximum Gasteiger partial charge on any atom is 0.138 e. The van der Waals surface area contributed by atoms with Crippen molar-refractivity contribution in [2.75, 3.05) is 0 Å². The molecule has 4 heteroatoms. The summed E-state index contributed by atoms with van der Waals surface area (Å²) in [6.07, 6.45) is 0. The molecule has 4 aromatic carbocycles. The van der Waals surface area contributed by atoms with Crippen molar-refractivity contribution in [1.82, 2.24) is 9.97 Å². The van der Waals surface area contributed by atoms with Gasteiger partial charge in [-0.3, -0.25) is 0 Å². The number of aromatic amines is 1. The van der Waals surface area contributed by atoms with Crippen LogP contribution in [0.25, 0.3) is 33.9 Å². The van der Waals surface area contributed by atoms with Gasteiger partial charge in [-0.05, 0) is 48.5 Å². The summed E-state index contributed by atoms with van der Waals surface area (Å²) in [5, 5.41) is 9.62. The molecular weight excluding hydrogens is 400 g/mol. The first kappa shape index (κ1) is 19.2. The third-order valence-corrected chi connectivity index (χ3v) is 6.03. The maximum absolute atomic E-state index is 9.62. The fraction of sp³-hybridized carbons (Fsp3) is 0. The Labute approximate surface area is 185 Å². The molecule has 5 aromatic rings. The summed E-state index contributed by atoms with van der Waals surface area (Å²) in [5.74, 6) is 1.02. The molecule has 0 radical (unpaired) electrons.